The molecule has 1 saturated carbocycles. The lowest BCUT2D eigenvalue weighted by Gasteiger charge is -2.24. The van der Waals surface area contributed by atoms with Gasteiger partial charge in [-0.3, -0.25) is 9.36 Å². The van der Waals surface area contributed by atoms with E-state index in [1.807, 2.05) is 0 Å². The van der Waals surface area contributed by atoms with E-state index in [4.69, 9.17) is 4.74 Å². The molecule has 1 heterocycles. The molecule has 1 aliphatic rings. The van der Waals surface area contributed by atoms with E-state index in [0.717, 1.165) is 30.3 Å². The highest BCUT2D eigenvalue weighted by molar-refractivity contribution is 5.83. The van der Waals surface area contributed by atoms with Crippen LogP contribution in [0, 0.1) is 5.92 Å². The molecule has 6 nitrogen and oxygen atoms in total. The van der Waals surface area contributed by atoms with Gasteiger partial charge in [-0.15, -0.1) is 0 Å². The van der Waals surface area contributed by atoms with Crippen LogP contribution in [0.2, 0.25) is 0 Å². The first-order valence-corrected chi connectivity index (χ1v) is 9.11. The largest absolute Gasteiger partial charge is 0.453 e. The minimum absolute atomic E-state index is 0.00233. The van der Waals surface area contributed by atoms with E-state index >= 15 is 0 Å². The summed E-state index contributed by atoms with van der Waals surface area (Å²) in [6.45, 7) is 0.0429. The number of nitrogens with zero attached hydrogens (tertiary/aromatic N) is 2. The number of hydrogen-bond donors (Lipinski definition) is 1. The average Bonchev–Trinajstić information content (AvgIpc) is 3.26. The number of para-hydroxylation sites is 2. The number of hydrogen-bond acceptors (Lipinski definition) is 4. The summed E-state index contributed by atoms with van der Waals surface area (Å²) in [5.41, 5.74) is 0.685. The number of carbonyl (C=O) groups excluding carboxylic acids is 2. The third-order valence-corrected chi connectivity index (χ3v) is 4.96. The summed E-state index contributed by atoms with van der Waals surface area (Å²) >= 11 is 0. The highest BCUT2D eigenvalue weighted by Gasteiger charge is 2.34. The second-order valence-electron chi connectivity index (χ2n) is 6.91. The van der Waals surface area contributed by atoms with Gasteiger partial charge >= 0.3 is 12.5 Å². The number of benzene rings is 1. The van der Waals surface area contributed by atoms with Crippen molar-refractivity contribution in [2.45, 2.75) is 58.2 Å². The Bertz CT molecular complexity index is 831. The summed E-state index contributed by atoms with van der Waals surface area (Å²) in [7, 11) is 0. The number of nitrogens with one attached hydrogen (secondary N) is 1. The molecule has 0 aliphatic heterocycles. The first-order valence-electron chi connectivity index (χ1n) is 9.11. The number of alkyl halides is 2. The molecule has 146 valence electrons. The van der Waals surface area contributed by atoms with Gasteiger partial charge in [-0.2, -0.15) is 8.78 Å². The van der Waals surface area contributed by atoms with Crippen molar-refractivity contribution in [3.8, 4) is 0 Å². The number of esters is 1. The van der Waals surface area contributed by atoms with Crippen molar-refractivity contribution < 1.29 is 23.1 Å². The highest BCUT2D eigenvalue weighted by Crippen LogP contribution is 2.31. The number of amides is 1. The first kappa shape index (κ1) is 19.3. The van der Waals surface area contributed by atoms with E-state index in [-0.39, 0.29) is 23.2 Å². The maximum Gasteiger partial charge on any atom is 0.329 e. The zero-order chi connectivity index (χ0) is 19.6. The van der Waals surface area contributed by atoms with Crippen LogP contribution in [0.4, 0.5) is 8.78 Å². The minimum atomic E-state index is -2.81. The van der Waals surface area contributed by atoms with Gasteiger partial charge in [0.05, 0.1) is 11.0 Å². The van der Waals surface area contributed by atoms with Gasteiger partial charge in [0.25, 0.3) is 0 Å². The molecular weight excluding hydrogens is 356 g/mol. The molecule has 0 unspecified atom stereocenters. The lowest BCUT2D eigenvalue weighted by Crippen LogP contribution is -2.45. The first-order chi connectivity index (χ1) is 12.9. The monoisotopic (exact) mass is 379 g/mol. The van der Waals surface area contributed by atoms with Gasteiger partial charge in [0.2, 0.25) is 5.91 Å². The summed E-state index contributed by atoms with van der Waals surface area (Å²) in [5.74, 6) is -0.955. The third-order valence-electron chi connectivity index (χ3n) is 4.96. The molecule has 1 amide bonds. The topological polar surface area (TPSA) is 73.2 Å². The molecule has 0 bridgehead atoms. The van der Waals surface area contributed by atoms with Crippen molar-refractivity contribution in [3.05, 3.63) is 30.1 Å². The lowest BCUT2D eigenvalue weighted by molar-refractivity contribution is -0.154. The van der Waals surface area contributed by atoms with Gasteiger partial charge in [-0.05, 0) is 37.8 Å². The predicted molar refractivity (Wildman–Crippen MR) is 95.1 cm³/mol. The van der Waals surface area contributed by atoms with Crippen LogP contribution in [0.15, 0.2) is 24.3 Å². The second kappa shape index (κ2) is 8.02. The van der Waals surface area contributed by atoms with Crippen LogP contribution in [-0.2, 0) is 14.3 Å². The van der Waals surface area contributed by atoms with Crippen molar-refractivity contribution in [2.75, 3.05) is 0 Å². The lowest BCUT2D eigenvalue weighted by atomic mass is 9.98. The molecule has 8 heteroatoms. The molecule has 2 atom stereocenters. The van der Waals surface area contributed by atoms with Crippen molar-refractivity contribution in [1.82, 2.24) is 14.9 Å². The summed E-state index contributed by atoms with van der Waals surface area (Å²) in [5, 5.41) is 2.65. The van der Waals surface area contributed by atoms with Gasteiger partial charge < -0.3 is 10.1 Å². The maximum absolute atomic E-state index is 13.6. The smallest absolute Gasteiger partial charge is 0.329 e. The number of fused-ring (bicyclic) bond motifs is 1. The number of imidazole rings is 1. The fourth-order valence-electron chi connectivity index (χ4n) is 3.73. The molecule has 0 saturated heterocycles. The van der Waals surface area contributed by atoms with Gasteiger partial charge in [0.15, 0.2) is 11.9 Å². The number of rotatable bonds is 6. The van der Waals surface area contributed by atoms with Crippen LogP contribution < -0.4 is 5.32 Å². The molecule has 1 aliphatic carbocycles. The van der Waals surface area contributed by atoms with E-state index in [9.17, 15) is 18.4 Å². The molecular formula is C19H23F2N3O3. The molecule has 3 rings (SSSR count). The standard InChI is InChI=1S/C19H23F2N3O3/c1-11(17-23-14-9-5-6-10-15(14)24(17)19(20)21)27-18(26)16(22-12(2)25)13-7-3-4-8-13/h5-6,9-11,13,16,19H,3-4,7-8H2,1-2H3,(H,22,25)/t11-,16+/m0/s1. The van der Waals surface area contributed by atoms with E-state index in [0.29, 0.717) is 5.52 Å². The summed E-state index contributed by atoms with van der Waals surface area (Å²) < 4.78 is 33.4. The molecule has 27 heavy (non-hydrogen) atoms. The fraction of sp³-hybridized carbons (Fsp3) is 0.526. The SMILES string of the molecule is CC(=O)N[C@@H](C(=O)O[C@@H](C)c1nc2ccccc2n1C(F)F)C1CCCC1. The molecule has 2 aromatic rings. The molecule has 1 N–H and O–H groups in total. The van der Waals surface area contributed by atoms with Crippen molar-refractivity contribution in [1.29, 1.82) is 0 Å². The Morgan fingerprint density at radius 2 is 1.93 bits per heavy atom. The van der Waals surface area contributed by atoms with Gasteiger partial charge in [-0.25, -0.2) is 9.78 Å². The van der Waals surface area contributed by atoms with Crippen molar-refractivity contribution in [3.63, 3.8) is 0 Å². The zero-order valence-corrected chi connectivity index (χ0v) is 15.3. The summed E-state index contributed by atoms with van der Waals surface area (Å²) in [6.07, 6.45) is 2.65. The highest BCUT2D eigenvalue weighted by atomic mass is 19.3. The normalized spacial score (nSPS) is 17.2. The van der Waals surface area contributed by atoms with Gasteiger partial charge in [0.1, 0.15) is 6.04 Å². The van der Waals surface area contributed by atoms with Gasteiger partial charge in [-0.1, -0.05) is 25.0 Å². The van der Waals surface area contributed by atoms with Crippen molar-refractivity contribution in [2.24, 2.45) is 5.92 Å². The van der Waals surface area contributed by atoms with Crippen LogP contribution in [0.3, 0.4) is 0 Å². The molecule has 1 fully saturated rings. The Balaban J connectivity index is 1.84. The molecule has 1 aromatic carbocycles. The molecule has 1 aromatic heterocycles. The minimum Gasteiger partial charge on any atom is -0.453 e. The van der Waals surface area contributed by atoms with Crippen molar-refractivity contribution >= 4 is 22.9 Å². The summed E-state index contributed by atoms with van der Waals surface area (Å²) in [6, 6.07) is 5.77. The number of aromatic nitrogens is 2. The Labute approximate surface area is 155 Å². The van der Waals surface area contributed by atoms with Crippen LogP contribution in [-0.4, -0.2) is 27.5 Å². The third kappa shape index (κ3) is 4.09. The number of ether oxygens (including phenoxy) is 1. The average molecular weight is 379 g/mol. The number of carbonyl (C=O) groups is 2. The predicted octanol–water partition coefficient (Wildman–Crippen LogP) is 3.73. The van der Waals surface area contributed by atoms with E-state index in [1.165, 1.54) is 13.8 Å². The molecule has 0 spiro atoms. The Hall–Kier alpha value is -2.51. The van der Waals surface area contributed by atoms with Gasteiger partial charge in [0, 0.05) is 6.92 Å². The van der Waals surface area contributed by atoms with E-state index in [1.54, 1.807) is 24.3 Å². The number of halogens is 2. The van der Waals surface area contributed by atoms with Crippen LogP contribution in [0.5, 0.6) is 0 Å². The van der Waals surface area contributed by atoms with Crippen LogP contribution in [0.1, 0.15) is 58.0 Å². The quantitative estimate of drug-likeness (QED) is 0.776. The maximum atomic E-state index is 13.6. The van der Waals surface area contributed by atoms with E-state index < -0.39 is 24.7 Å². The second-order valence-corrected chi connectivity index (χ2v) is 6.91. The Morgan fingerprint density at radius 3 is 2.56 bits per heavy atom. The van der Waals surface area contributed by atoms with Crippen LogP contribution in [0.25, 0.3) is 11.0 Å². The van der Waals surface area contributed by atoms with Crippen LogP contribution >= 0.6 is 0 Å². The zero-order valence-electron chi connectivity index (χ0n) is 15.3. The van der Waals surface area contributed by atoms with E-state index in [2.05, 4.69) is 10.3 Å². The Kier molecular flexibility index (Phi) is 5.72. The Morgan fingerprint density at radius 1 is 1.26 bits per heavy atom. The fourth-order valence-corrected chi connectivity index (χ4v) is 3.73. The molecule has 0 radical (unpaired) electrons. The summed E-state index contributed by atoms with van der Waals surface area (Å²) in [4.78, 5) is 28.4.